The maximum absolute atomic E-state index is 5.43. The predicted octanol–water partition coefficient (Wildman–Crippen LogP) is 3.98. The van der Waals surface area contributed by atoms with Gasteiger partial charge in [0.1, 0.15) is 11.6 Å². The third kappa shape index (κ3) is 3.33. The number of anilines is 1. The average Bonchev–Trinajstić information content (AvgIpc) is 2.85. The van der Waals surface area contributed by atoms with Crippen LogP contribution in [0.2, 0.25) is 0 Å². The molecule has 0 bridgehead atoms. The van der Waals surface area contributed by atoms with Gasteiger partial charge in [0, 0.05) is 23.4 Å². The minimum Gasteiger partial charge on any atom is -0.495 e. The summed E-state index contributed by atoms with van der Waals surface area (Å²) >= 11 is 3.49. The van der Waals surface area contributed by atoms with Gasteiger partial charge in [-0.2, -0.15) is 0 Å². The van der Waals surface area contributed by atoms with E-state index < -0.39 is 0 Å². The quantitative estimate of drug-likeness (QED) is 0.866. The summed E-state index contributed by atoms with van der Waals surface area (Å²) < 4.78 is 8.63. The molecule has 0 amide bonds. The van der Waals surface area contributed by atoms with Crippen molar-refractivity contribution in [2.24, 2.45) is 0 Å². The molecule has 0 atom stereocenters. The van der Waals surface area contributed by atoms with Crippen LogP contribution in [-0.2, 0) is 13.1 Å². The molecule has 20 heavy (non-hydrogen) atoms. The standard InChI is InChI=1S/C15H20BrN3O/c1-4-6-19-7-5-17-14(19)10-18-15-11(2)8-12(16)9-13(15)20-3/h5,7-9,18H,4,6,10H2,1-3H3. The van der Waals surface area contributed by atoms with Gasteiger partial charge in [-0.25, -0.2) is 4.98 Å². The van der Waals surface area contributed by atoms with E-state index in [2.05, 4.69) is 50.7 Å². The number of methoxy groups -OCH3 is 1. The van der Waals surface area contributed by atoms with Crippen LogP contribution in [-0.4, -0.2) is 16.7 Å². The number of hydrogen-bond donors (Lipinski definition) is 1. The summed E-state index contributed by atoms with van der Waals surface area (Å²) in [6.45, 7) is 5.91. The number of hydrogen-bond acceptors (Lipinski definition) is 3. The van der Waals surface area contributed by atoms with Crippen LogP contribution in [0.4, 0.5) is 5.69 Å². The van der Waals surface area contributed by atoms with E-state index in [1.165, 1.54) is 0 Å². The Labute approximate surface area is 128 Å². The van der Waals surface area contributed by atoms with Crippen molar-refractivity contribution in [3.63, 3.8) is 0 Å². The summed E-state index contributed by atoms with van der Waals surface area (Å²) in [5, 5.41) is 3.43. The van der Waals surface area contributed by atoms with Crippen molar-refractivity contribution in [2.45, 2.75) is 33.4 Å². The molecule has 0 saturated carbocycles. The smallest absolute Gasteiger partial charge is 0.143 e. The number of halogens is 1. The van der Waals surface area contributed by atoms with E-state index in [-0.39, 0.29) is 0 Å². The third-order valence-electron chi connectivity index (χ3n) is 3.17. The van der Waals surface area contributed by atoms with Gasteiger partial charge in [0.25, 0.3) is 0 Å². The Balaban J connectivity index is 2.16. The van der Waals surface area contributed by atoms with Crippen LogP contribution in [0.3, 0.4) is 0 Å². The van der Waals surface area contributed by atoms with E-state index >= 15 is 0 Å². The fraction of sp³-hybridized carbons (Fsp3) is 0.400. The summed E-state index contributed by atoms with van der Waals surface area (Å²) in [4.78, 5) is 4.40. The number of rotatable bonds is 6. The number of imidazole rings is 1. The molecule has 0 aliphatic rings. The number of nitrogens with one attached hydrogen (secondary N) is 1. The molecule has 1 heterocycles. The molecule has 4 nitrogen and oxygen atoms in total. The molecule has 1 N–H and O–H groups in total. The highest BCUT2D eigenvalue weighted by molar-refractivity contribution is 9.10. The number of aryl methyl sites for hydroxylation is 2. The van der Waals surface area contributed by atoms with E-state index in [1.807, 2.05) is 18.5 Å². The van der Waals surface area contributed by atoms with Crippen LogP contribution in [0.5, 0.6) is 5.75 Å². The Bertz CT molecular complexity index is 580. The van der Waals surface area contributed by atoms with Gasteiger partial charge in [0.2, 0.25) is 0 Å². The largest absolute Gasteiger partial charge is 0.495 e. The van der Waals surface area contributed by atoms with Crippen LogP contribution in [0.25, 0.3) is 0 Å². The molecule has 108 valence electrons. The van der Waals surface area contributed by atoms with Crippen molar-refractivity contribution >= 4 is 21.6 Å². The zero-order valence-corrected chi connectivity index (χ0v) is 13.7. The molecule has 2 rings (SSSR count). The first-order valence-corrected chi connectivity index (χ1v) is 7.53. The Morgan fingerprint density at radius 3 is 2.90 bits per heavy atom. The van der Waals surface area contributed by atoms with Gasteiger partial charge in [-0.1, -0.05) is 22.9 Å². The van der Waals surface area contributed by atoms with Crippen LogP contribution < -0.4 is 10.1 Å². The molecule has 0 aliphatic carbocycles. The summed E-state index contributed by atoms with van der Waals surface area (Å²) in [6.07, 6.45) is 4.97. The van der Waals surface area contributed by atoms with E-state index in [0.29, 0.717) is 6.54 Å². The fourth-order valence-electron chi connectivity index (χ4n) is 2.22. The Hall–Kier alpha value is -1.49. The first kappa shape index (κ1) is 14.9. The first-order chi connectivity index (χ1) is 9.65. The summed E-state index contributed by atoms with van der Waals surface area (Å²) in [7, 11) is 1.68. The van der Waals surface area contributed by atoms with Crippen LogP contribution in [0.1, 0.15) is 24.7 Å². The second-order valence-electron chi connectivity index (χ2n) is 4.69. The van der Waals surface area contributed by atoms with Crippen molar-refractivity contribution in [3.05, 3.63) is 40.4 Å². The van der Waals surface area contributed by atoms with Crippen LogP contribution >= 0.6 is 15.9 Å². The van der Waals surface area contributed by atoms with Crippen molar-refractivity contribution in [3.8, 4) is 5.75 Å². The predicted molar refractivity (Wildman–Crippen MR) is 85.3 cm³/mol. The molecule has 0 radical (unpaired) electrons. The topological polar surface area (TPSA) is 39.1 Å². The van der Waals surface area contributed by atoms with Crippen molar-refractivity contribution < 1.29 is 4.74 Å². The lowest BCUT2D eigenvalue weighted by atomic mass is 10.2. The fourth-order valence-corrected chi connectivity index (χ4v) is 2.77. The summed E-state index contributed by atoms with van der Waals surface area (Å²) in [5.74, 6) is 1.88. The number of nitrogens with zero attached hydrogens (tertiary/aromatic N) is 2. The number of ether oxygens (including phenoxy) is 1. The first-order valence-electron chi connectivity index (χ1n) is 6.73. The SMILES string of the molecule is CCCn1ccnc1CNc1c(C)cc(Br)cc1OC. The molecular formula is C15H20BrN3O. The Morgan fingerprint density at radius 2 is 2.20 bits per heavy atom. The van der Waals surface area contributed by atoms with Gasteiger partial charge in [-0.15, -0.1) is 0 Å². The average molecular weight is 338 g/mol. The second kappa shape index (κ2) is 6.79. The molecule has 0 unspecified atom stereocenters. The summed E-state index contributed by atoms with van der Waals surface area (Å²) in [6, 6.07) is 4.04. The zero-order valence-electron chi connectivity index (χ0n) is 12.1. The van der Waals surface area contributed by atoms with Crippen LogP contribution in [0.15, 0.2) is 29.0 Å². The highest BCUT2D eigenvalue weighted by atomic mass is 79.9. The number of aromatic nitrogens is 2. The Kier molecular flexibility index (Phi) is 5.06. The maximum atomic E-state index is 5.43. The molecule has 0 saturated heterocycles. The lowest BCUT2D eigenvalue weighted by Gasteiger charge is -2.15. The Morgan fingerprint density at radius 1 is 1.40 bits per heavy atom. The van der Waals surface area contributed by atoms with Gasteiger partial charge in [-0.05, 0) is 31.0 Å². The van der Waals surface area contributed by atoms with E-state index in [9.17, 15) is 0 Å². The highest BCUT2D eigenvalue weighted by Gasteiger charge is 2.09. The van der Waals surface area contributed by atoms with Gasteiger partial charge in [0.15, 0.2) is 0 Å². The van der Waals surface area contributed by atoms with Gasteiger partial charge in [0.05, 0.1) is 19.3 Å². The van der Waals surface area contributed by atoms with Crippen LogP contribution in [0, 0.1) is 6.92 Å². The van der Waals surface area contributed by atoms with Gasteiger partial charge >= 0.3 is 0 Å². The van der Waals surface area contributed by atoms with Gasteiger partial charge in [-0.3, -0.25) is 0 Å². The minimum atomic E-state index is 0.686. The normalized spacial score (nSPS) is 10.6. The lowest BCUT2D eigenvalue weighted by Crippen LogP contribution is -2.09. The maximum Gasteiger partial charge on any atom is 0.143 e. The second-order valence-corrected chi connectivity index (χ2v) is 5.61. The molecule has 1 aromatic heterocycles. The zero-order chi connectivity index (χ0) is 14.5. The molecule has 0 fully saturated rings. The molecule has 0 spiro atoms. The molecule has 1 aromatic carbocycles. The molecule has 5 heteroatoms. The highest BCUT2D eigenvalue weighted by Crippen LogP contribution is 2.32. The minimum absolute atomic E-state index is 0.686. The molecular weight excluding hydrogens is 318 g/mol. The van der Waals surface area contributed by atoms with Crippen molar-refractivity contribution in [2.75, 3.05) is 12.4 Å². The lowest BCUT2D eigenvalue weighted by molar-refractivity contribution is 0.416. The molecule has 2 aromatic rings. The van der Waals surface area contributed by atoms with E-state index in [4.69, 9.17) is 4.74 Å². The third-order valence-corrected chi connectivity index (χ3v) is 3.63. The summed E-state index contributed by atoms with van der Waals surface area (Å²) in [5.41, 5.74) is 2.16. The van der Waals surface area contributed by atoms with Gasteiger partial charge < -0.3 is 14.6 Å². The van der Waals surface area contributed by atoms with Crippen molar-refractivity contribution in [1.82, 2.24) is 9.55 Å². The molecule has 0 aliphatic heterocycles. The van der Waals surface area contributed by atoms with E-state index in [0.717, 1.165) is 40.3 Å². The van der Waals surface area contributed by atoms with Crippen molar-refractivity contribution in [1.29, 1.82) is 0 Å². The van der Waals surface area contributed by atoms with E-state index in [1.54, 1.807) is 7.11 Å². The monoisotopic (exact) mass is 337 g/mol. The number of benzene rings is 1.